The number of nitrogens with zero attached hydrogens (tertiary/aromatic N) is 4. The van der Waals surface area contributed by atoms with E-state index in [4.69, 9.17) is 9.47 Å². The van der Waals surface area contributed by atoms with Crippen LogP contribution in [-0.2, 0) is 21.2 Å². The topological polar surface area (TPSA) is 137 Å². The number of ether oxygens (including phenoxy) is 2. The first kappa shape index (κ1) is 19.7. The van der Waals surface area contributed by atoms with Gasteiger partial charge in [0.25, 0.3) is 0 Å². The smallest absolute Gasteiger partial charge is 0.245 e. The molecule has 0 aliphatic carbocycles. The Morgan fingerprint density at radius 1 is 1.21 bits per heavy atom. The van der Waals surface area contributed by atoms with Crippen LogP contribution in [0.5, 0.6) is 5.88 Å². The molecule has 1 fully saturated rings. The highest BCUT2D eigenvalue weighted by Crippen LogP contribution is 2.32. The van der Waals surface area contributed by atoms with Crippen LogP contribution in [0.1, 0.15) is 18.7 Å². The predicted octanol–water partition coefficient (Wildman–Crippen LogP) is 0.448. The zero-order chi connectivity index (χ0) is 20.8. The van der Waals surface area contributed by atoms with Crippen molar-refractivity contribution < 1.29 is 28.1 Å². The van der Waals surface area contributed by atoms with Gasteiger partial charge in [0.1, 0.15) is 25.1 Å². The molecule has 0 spiro atoms. The van der Waals surface area contributed by atoms with Gasteiger partial charge in [-0.25, -0.2) is 18.4 Å². The van der Waals surface area contributed by atoms with Crippen molar-refractivity contribution >= 4 is 21.0 Å². The fraction of sp³-hybridized carbons (Fsp3) is 0.389. The molecule has 0 unspecified atom stereocenters. The summed E-state index contributed by atoms with van der Waals surface area (Å²) in [7, 11) is -3.32. The Kier molecular flexibility index (Phi) is 4.99. The molecule has 2 aromatic heterocycles. The number of aromatic nitrogens is 4. The zero-order valence-electron chi connectivity index (χ0n) is 15.7. The molecule has 3 heterocycles. The number of rotatable bonds is 5. The first-order chi connectivity index (χ1) is 13.8. The third-order valence-electron chi connectivity index (χ3n) is 4.78. The Hall–Kier alpha value is -2.60. The summed E-state index contributed by atoms with van der Waals surface area (Å²) in [5, 5.41) is 20.2. The molecule has 2 N–H and O–H groups in total. The lowest BCUT2D eigenvalue weighted by molar-refractivity contribution is -0.0299. The van der Waals surface area contributed by atoms with Crippen molar-refractivity contribution in [3.05, 3.63) is 42.5 Å². The number of sulfone groups is 1. The van der Waals surface area contributed by atoms with Crippen LogP contribution in [0, 0.1) is 0 Å². The lowest BCUT2D eigenvalue weighted by Crippen LogP contribution is -2.30. The van der Waals surface area contributed by atoms with Crippen molar-refractivity contribution in [2.24, 2.45) is 0 Å². The van der Waals surface area contributed by atoms with E-state index in [1.165, 1.54) is 29.4 Å². The van der Waals surface area contributed by atoms with Gasteiger partial charge in [-0.15, -0.1) is 0 Å². The maximum Gasteiger partial charge on any atom is 0.245 e. The third-order valence-corrected chi connectivity index (χ3v) is 5.89. The summed E-state index contributed by atoms with van der Waals surface area (Å²) in [6, 6.07) is 6.45. The van der Waals surface area contributed by atoms with Gasteiger partial charge in [-0.2, -0.15) is 4.98 Å². The normalized spacial score (nSPS) is 24.8. The molecule has 11 heteroatoms. The molecule has 0 bridgehead atoms. The van der Waals surface area contributed by atoms with E-state index >= 15 is 0 Å². The molecule has 0 saturated carbocycles. The minimum Gasteiger partial charge on any atom is -0.471 e. The molecule has 0 amide bonds. The number of aliphatic hydroxyl groups excluding tert-OH is 2. The van der Waals surface area contributed by atoms with E-state index in [1.807, 2.05) is 0 Å². The minimum atomic E-state index is -3.32. The zero-order valence-corrected chi connectivity index (χ0v) is 16.5. The van der Waals surface area contributed by atoms with Crippen molar-refractivity contribution in [2.75, 3.05) is 6.26 Å². The highest BCUT2D eigenvalue weighted by atomic mass is 32.2. The van der Waals surface area contributed by atoms with Gasteiger partial charge >= 0.3 is 0 Å². The number of hydrogen-bond donors (Lipinski definition) is 2. The minimum absolute atomic E-state index is 0.0840. The average Bonchev–Trinajstić information content (AvgIpc) is 3.23. The first-order valence-electron chi connectivity index (χ1n) is 8.86. The number of imidazole rings is 1. The third kappa shape index (κ3) is 3.69. The van der Waals surface area contributed by atoms with Crippen LogP contribution in [0.4, 0.5) is 0 Å². The number of hydrogen-bond acceptors (Lipinski definition) is 9. The van der Waals surface area contributed by atoms with Gasteiger partial charge in [-0.05, 0) is 24.6 Å². The van der Waals surface area contributed by atoms with Crippen LogP contribution >= 0.6 is 0 Å². The van der Waals surface area contributed by atoms with Crippen molar-refractivity contribution in [1.82, 2.24) is 19.5 Å². The summed E-state index contributed by atoms with van der Waals surface area (Å²) in [4.78, 5) is 12.8. The van der Waals surface area contributed by atoms with E-state index in [2.05, 4.69) is 15.0 Å². The van der Waals surface area contributed by atoms with Gasteiger partial charge in [0.05, 0.1) is 17.3 Å². The number of aliphatic hydroxyl groups is 2. The van der Waals surface area contributed by atoms with Gasteiger partial charge in [0.2, 0.25) is 5.88 Å². The highest BCUT2D eigenvalue weighted by molar-refractivity contribution is 7.90. The fourth-order valence-electron chi connectivity index (χ4n) is 3.20. The van der Waals surface area contributed by atoms with Crippen molar-refractivity contribution in [3.8, 4) is 5.88 Å². The fourth-order valence-corrected chi connectivity index (χ4v) is 3.89. The van der Waals surface area contributed by atoms with Crippen LogP contribution in [0.3, 0.4) is 0 Å². The predicted molar refractivity (Wildman–Crippen MR) is 101 cm³/mol. The highest BCUT2D eigenvalue weighted by Gasteiger charge is 2.42. The number of fused-ring (bicyclic) bond motifs is 1. The molecule has 4 rings (SSSR count). The molecule has 29 heavy (non-hydrogen) atoms. The molecule has 1 aromatic carbocycles. The molecule has 1 saturated heterocycles. The molecule has 0 radical (unpaired) electrons. The Morgan fingerprint density at radius 3 is 2.69 bits per heavy atom. The summed E-state index contributed by atoms with van der Waals surface area (Å²) in [5.74, 6) is 0.208. The molecule has 154 valence electrons. The number of benzene rings is 1. The molecule has 10 nitrogen and oxygen atoms in total. The molecule has 4 atom stereocenters. The lowest BCUT2D eigenvalue weighted by atomic mass is 10.1. The molecule has 1 aliphatic rings. The quantitative estimate of drug-likeness (QED) is 0.602. The van der Waals surface area contributed by atoms with Crippen LogP contribution in [0.25, 0.3) is 11.2 Å². The van der Waals surface area contributed by atoms with Crippen molar-refractivity contribution in [1.29, 1.82) is 0 Å². The van der Waals surface area contributed by atoms with Gasteiger partial charge in [-0.1, -0.05) is 12.1 Å². The van der Waals surface area contributed by atoms with Crippen molar-refractivity contribution in [2.45, 2.75) is 43.0 Å². The largest absolute Gasteiger partial charge is 0.471 e. The van der Waals surface area contributed by atoms with Crippen molar-refractivity contribution in [3.63, 3.8) is 0 Å². The van der Waals surface area contributed by atoms with E-state index in [9.17, 15) is 18.6 Å². The summed E-state index contributed by atoms with van der Waals surface area (Å²) in [6.07, 6.45) is 0.369. The second kappa shape index (κ2) is 7.34. The second-order valence-corrected chi connectivity index (χ2v) is 8.94. The Bertz CT molecular complexity index is 1150. The van der Waals surface area contributed by atoms with Crippen LogP contribution in [0.15, 0.2) is 41.8 Å². The molecular weight excluding hydrogens is 400 g/mol. The maximum absolute atomic E-state index is 11.7. The maximum atomic E-state index is 11.7. The van der Waals surface area contributed by atoms with Gasteiger partial charge in [-0.3, -0.25) is 4.57 Å². The molecular formula is C18H20N4O6S. The van der Waals surface area contributed by atoms with Gasteiger partial charge < -0.3 is 19.7 Å². The Labute approximate surface area is 166 Å². The van der Waals surface area contributed by atoms with E-state index in [-0.39, 0.29) is 17.4 Å². The van der Waals surface area contributed by atoms with E-state index < -0.39 is 34.4 Å². The average molecular weight is 420 g/mol. The van der Waals surface area contributed by atoms with E-state index in [0.29, 0.717) is 16.7 Å². The summed E-state index contributed by atoms with van der Waals surface area (Å²) in [5.41, 5.74) is 1.40. The first-order valence-corrected chi connectivity index (χ1v) is 10.8. The van der Waals surface area contributed by atoms with Crippen LogP contribution < -0.4 is 4.74 Å². The Balaban J connectivity index is 1.59. The molecule has 3 aromatic rings. The summed E-state index contributed by atoms with van der Waals surface area (Å²) in [6.45, 7) is 1.75. The van der Waals surface area contributed by atoms with Crippen LogP contribution in [-0.4, -0.2) is 62.7 Å². The summed E-state index contributed by atoms with van der Waals surface area (Å²) >= 11 is 0. The SMILES string of the molecule is C[C@H]1O[C@@H](n2cnc3c(OCc4cccc(S(C)(=O)=O)c4)ncnc32)[C@H](O)[C@@H]1O. The van der Waals surface area contributed by atoms with E-state index in [1.54, 1.807) is 19.1 Å². The van der Waals surface area contributed by atoms with Gasteiger partial charge in [0.15, 0.2) is 27.2 Å². The standard InChI is InChI=1S/C18H20N4O6S/c1-10-14(23)15(24)18(28-10)22-9-21-13-16(22)19-8-20-17(13)27-7-11-4-3-5-12(6-11)29(2,25)26/h3-6,8-10,14-15,18,23-24H,7H2,1-2H3/t10-,14-,15-,18-/m1/s1. The van der Waals surface area contributed by atoms with Gasteiger partial charge in [0, 0.05) is 6.26 Å². The van der Waals surface area contributed by atoms with Crippen LogP contribution in [0.2, 0.25) is 0 Å². The Morgan fingerprint density at radius 2 is 2.00 bits per heavy atom. The monoisotopic (exact) mass is 420 g/mol. The lowest BCUT2D eigenvalue weighted by Gasteiger charge is -2.16. The summed E-state index contributed by atoms with van der Waals surface area (Å²) < 4.78 is 36.3. The second-order valence-electron chi connectivity index (χ2n) is 6.92. The molecule has 1 aliphatic heterocycles. The van der Waals surface area contributed by atoms with E-state index in [0.717, 1.165) is 6.26 Å².